The molecule has 0 aliphatic carbocycles. The molecule has 8 nitrogen and oxygen atoms in total. The molecule has 8 heteroatoms. The lowest BCUT2D eigenvalue weighted by atomic mass is 10.2. The molecule has 5 rings (SSSR count). The highest BCUT2D eigenvalue weighted by Crippen LogP contribution is 2.38. The number of hydrogen-bond acceptors (Lipinski definition) is 6. The Morgan fingerprint density at radius 2 is 2.07 bits per heavy atom. The number of nitrogens with zero attached hydrogens (tertiary/aromatic N) is 3. The number of primary amides is 1. The molecule has 2 N–H and O–H groups in total. The van der Waals surface area contributed by atoms with Gasteiger partial charge in [-0.25, -0.2) is 9.97 Å². The van der Waals surface area contributed by atoms with Crippen LogP contribution in [0.5, 0.6) is 11.5 Å². The van der Waals surface area contributed by atoms with Crippen molar-refractivity contribution in [1.29, 1.82) is 0 Å². The van der Waals surface area contributed by atoms with Crippen molar-refractivity contribution in [2.75, 3.05) is 6.61 Å². The Labute approximate surface area is 167 Å². The van der Waals surface area contributed by atoms with Crippen LogP contribution in [-0.2, 0) is 11.3 Å². The summed E-state index contributed by atoms with van der Waals surface area (Å²) in [6.45, 7) is 7.25. The number of fused-ring (bicyclic) bond motifs is 1. The largest absolute Gasteiger partial charge is 0.494 e. The fourth-order valence-corrected chi connectivity index (χ4v) is 3.64. The molecule has 0 bridgehead atoms. The number of ether oxygens (including phenoxy) is 2. The number of hydrogen-bond donors (Lipinski definition) is 1. The smallest absolute Gasteiger partial charge is 0.204 e. The summed E-state index contributed by atoms with van der Waals surface area (Å²) in [7, 11) is 0. The van der Waals surface area contributed by atoms with E-state index in [1.807, 2.05) is 44.2 Å². The number of oxazole rings is 1. The van der Waals surface area contributed by atoms with Gasteiger partial charge in [0.05, 0.1) is 18.7 Å². The van der Waals surface area contributed by atoms with E-state index in [4.69, 9.17) is 23.7 Å². The average molecular weight is 394 g/mol. The third kappa shape index (κ3) is 3.37. The van der Waals surface area contributed by atoms with Crippen molar-refractivity contribution in [3.63, 3.8) is 0 Å². The Morgan fingerprint density at radius 1 is 1.28 bits per heavy atom. The molecule has 3 heterocycles. The van der Waals surface area contributed by atoms with Gasteiger partial charge in [0.1, 0.15) is 34.5 Å². The van der Waals surface area contributed by atoms with Crippen molar-refractivity contribution < 1.29 is 18.7 Å². The zero-order chi connectivity index (χ0) is 20.5. The molecule has 0 radical (unpaired) electrons. The highest BCUT2D eigenvalue weighted by atomic mass is 16.5. The van der Waals surface area contributed by atoms with Gasteiger partial charge in [-0.3, -0.25) is 4.79 Å². The number of benzene rings is 2. The number of carbonyl (C=O) groups excluding carboxylic acids is 1. The van der Waals surface area contributed by atoms with Gasteiger partial charge in [0.2, 0.25) is 6.41 Å². The van der Waals surface area contributed by atoms with Crippen LogP contribution >= 0.6 is 0 Å². The van der Waals surface area contributed by atoms with Gasteiger partial charge in [0, 0.05) is 24.6 Å². The number of aryl methyl sites for hydroxylation is 1. The van der Waals surface area contributed by atoms with E-state index in [-0.39, 0.29) is 12.5 Å². The molecular weight excluding hydrogens is 372 g/mol. The lowest BCUT2D eigenvalue weighted by Crippen LogP contribution is -2.24. The van der Waals surface area contributed by atoms with Gasteiger partial charge in [-0.1, -0.05) is 0 Å². The van der Waals surface area contributed by atoms with Crippen LogP contribution < -0.4 is 15.2 Å². The van der Waals surface area contributed by atoms with E-state index in [1.165, 1.54) is 0 Å². The van der Waals surface area contributed by atoms with Crippen LogP contribution in [0, 0.1) is 6.92 Å². The summed E-state index contributed by atoms with van der Waals surface area (Å²) in [6, 6.07) is 9.93. The number of carbonyl (C=O) groups is 1. The number of amides is 1. The van der Waals surface area contributed by atoms with E-state index < -0.39 is 0 Å². The molecule has 1 amide bonds. The molecule has 0 saturated heterocycles. The second-order valence-corrected chi connectivity index (χ2v) is 6.75. The van der Waals surface area contributed by atoms with Gasteiger partial charge >= 0.3 is 0 Å². The molecule has 150 valence electrons. The number of imidazole rings is 1. The topological polar surface area (TPSA) is 105 Å². The van der Waals surface area contributed by atoms with Crippen molar-refractivity contribution in [3.05, 3.63) is 36.2 Å². The zero-order valence-corrected chi connectivity index (χ0v) is 16.5. The Balaban J connectivity index is 0.000000645. The van der Waals surface area contributed by atoms with E-state index in [1.54, 1.807) is 0 Å². The zero-order valence-electron chi connectivity index (χ0n) is 16.5. The molecular formula is C21H22N4O4. The molecule has 0 fully saturated rings. The molecule has 4 aromatic rings. The van der Waals surface area contributed by atoms with Crippen LogP contribution in [0.4, 0.5) is 0 Å². The van der Waals surface area contributed by atoms with Crippen LogP contribution in [0.2, 0.25) is 0 Å². The van der Waals surface area contributed by atoms with Crippen LogP contribution in [0.25, 0.3) is 33.5 Å². The van der Waals surface area contributed by atoms with Crippen LogP contribution in [0.15, 0.2) is 34.7 Å². The first-order valence-corrected chi connectivity index (χ1v) is 9.40. The first-order chi connectivity index (χ1) is 14.0. The summed E-state index contributed by atoms with van der Waals surface area (Å²) < 4.78 is 19.5. The molecule has 0 spiro atoms. The van der Waals surface area contributed by atoms with Crippen molar-refractivity contribution >= 4 is 28.5 Å². The van der Waals surface area contributed by atoms with Crippen molar-refractivity contribution in [2.45, 2.75) is 33.4 Å². The second-order valence-electron chi connectivity index (χ2n) is 6.75. The second kappa shape index (κ2) is 7.46. The van der Waals surface area contributed by atoms with Gasteiger partial charge in [0.15, 0.2) is 11.5 Å². The average Bonchev–Trinajstić information content (AvgIpc) is 3.22. The highest BCUT2D eigenvalue weighted by molar-refractivity contribution is 5.89. The van der Waals surface area contributed by atoms with Crippen LogP contribution in [0.1, 0.15) is 19.7 Å². The molecule has 29 heavy (non-hydrogen) atoms. The van der Waals surface area contributed by atoms with E-state index in [0.29, 0.717) is 12.5 Å². The first kappa shape index (κ1) is 18.8. The molecule has 2 aromatic carbocycles. The fourth-order valence-electron chi connectivity index (χ4n) is 3.64. The Hall–Kier alpha value is -3.55. The van der Waals surface area contributed by atoms with Crippen molar-refractivity contribution in [1.82, 2.24) is 14.5 Å². The summed E-state index contributed by atoms with van der Waals surface area (Å²) in [6.07, 6.45) is 0.313. The summed E-state index contributed by atoms with van der Waals surface area (Å²) in [5.41, 5.74) is 8.70. The van der Waals surface area contributed by atoms with Gasteiger partial charge in [-0.05, 0) is 32.0 Å². The van der Waals surface area contributed by atoms with E-state index >= 15 is 0 Å². The molecule has 1 atom stereocenters. The predicted octanol–water partition coefficient (Wildman–Crippen LogP) is 3.43. The van der Waals surface area contributed by atoms with E-state index in [0.717, 1.165) is 51.6 Å². The minimum atomic E-state index is 0.0635. The number of aromatic nitrogens is 3. The molecule has 1 aliphatic rings. The fraction of sp³-hybridized carbons (Fsp3) is 0.286. The van der Waals surface area contributed by atoms with Crippen molar-refractivity contribution in [3.8, 4) is 22.9 Å². The summed E-state index contributed by atoms with van der Waals surface area (Å²) in [4.78, 5) is 17.9. The first-order valence-electron chi connectivity index (χ1n) is 9.40. The highest BCUT2D eigenvalue weighted by Gasteiger charge is 2.25. The van der Waals surface area contributed by atoms with E-state index in [2.05, 4.69) is 22.2 Å². The van der Waals surface area contributed by atoms with Gasteiger partial charge in [-0.2, -0.15) is 0 Å². The third-order valence-electron chi connectivity index (χ3n) is 4.61. The Morgan fingerprint density at radius 3 is 2.83 bits per heavy atom. The standard InChI is InChI=1S/C20H19N3O3.CH3NO/c1-4-24-14-8-16-19-18(9-14)25-11(2)10-23(19)20(22-16)13-5-6-17-15(7-13)21-12(3)26-17;2-1-3/h5-9,11H,4,10H2,1-3H3;1H,(H2,2,3)/t11-;/m1./s1. The van der Waals surface area contributed by atoms with Gasteiger partial charge in [-0.15, -0.1) is 0 Å². The molecule has 0 unspecified atom stereocenters. The maximum atomic E-state index is 8.58. The van der Waals surface area contributed by atoms with Gasteiger partial charge < -0.3 is 24.2 Å². The monoisotopic (exact) mass is 394 g/mol. The SMILES string of the molecule is CCOc1cc2c3c(c1)nc(-c1ccc4oc(C)nc4c1)n3C[C@@H](C)O2.NC=O. The Bertz CT molecular complexity index is 1190. The third-order valence-corrected chi connectivity index (χ3v) is 4.61. The maximum Gasteiger partial charge on any atom is 0.204 e. The maximum absolute atomic E-state index is 8.58. The van der Waals surface area contributed by atoms with E-state index in [9.17, 15) is 0 Å². The van der Waals surface area contributed by atoms with Crippen LogP contribution in [-0.4, -0.2) is 33.7 Å². The lowest BCUT2D eigenvalue weighted by molar-refractivity contribution is -0.106. The normalized spacial score (nSPS) is 14.9. The minimum Gasteiger partial charge on any atom is -0.494 e. The number of nitrogens with two attached hydrogens (primary N) is 1. The summed E-state index contributed by atoms with van der Waals surface area (Å²) in [5, 5.41) is 0. The van der Waals surface area contributed by atoms with Gasteiger partial charge in [0.25, 0.3) is 0 Å². The quantitative estimate of drug-likeness (QED) is 0.534. The lowest BCUT2D eigenvalue weighted by Gasteiger charge is -2.24. The molecule has 0 saturated carbocycles. The molecule has 2 aromatic heterocycles. The summed E-state index contributed by atoms with van der Waals surface area (Å²) >= 11 is 0. The summed E-state index contributed by atoms with van der Waals surface area (Å²) in [5.74, 6) is 3.18. The van der Waals surface area contributed by atoms with Crippen molar-refractivity contribution in [2.24, 2.45) is 5.73 Å². The predicted molar refractivity (Wildman–Crippen MR) is 109 cm³/mol. The van der Waals surface area contributed by atoms with Crippen LogP contribution in [0.3, 0.4) is 0 Å². The molecule has 1 aliphatic heterocycles. The Kier molecular flexibility index (Phi) is 4.84. The number of rotatable bonds is 3. The minimum absolute atomic E-state index is 0.0635.